The standard InChI is InChI=1S/C18H19N3O4S/c1-24-17-14(25-15(9-22)12-5-3-2-4-6-12)8-7-13(18(19)23)16(17)21-11-26-10-20-21/h2-8,10,15,22H,9,11H2,1H3,(H2,19,23). The second-order valence-corrected chi connectivity index (χ2v) is 6.28. The third-order valence-electron chi connectivity index (χ3n) is 3.89. The summed E-state index contributed by atoms with van der Waals surface area (Å²) < 4.78 is 11.5. The fourth-order valence-corrected chi connectivity index (χ4v) is 3.26. The monoisotopic (exact) mass is 373 g/mol. The van der Waals surface area contributed by atoms with E-state index in [-0.39, 0.29) is 12.2 Å². The highest BCUT2D eigenvalue weighted by Crippen LogP contribution is 2.43. The lowest BCUT2D eigenvalue weighted by Crippen LogP contribution is -2.21. The molecular weight excluding hydrogens is 354 g/mol. The molecule has 1 aliphatic rings. The molecule has 2 aromatic rings. The molecule has 3 rings (SSSR count). The summed E-state index contributed by atoms with van der Waals surface area (Å²) in [6.07, 6.45) is -0.575. The van der Waals surface area contributed by atoms with Gasteiger partial charge in [0.05, 0.1) is 30.7 Å². The lowest BCUT2D eigenvalue weighted by atomic mass is 10.1. The van der Waals surface area contributed by atoms with Crippen LogP contribution in [0.1, 0.15) is 22.0 Å². The molecule has 0 spiro atoms. The van der Waals surface area contributed by atoms with Gasteiger partial charge in [0.25, 0.3) is 5.91 Å². The summed E-state index contributed by atoms with van der Waals surface area (Å²) in [5, 5.41) is 15.6. The van der Waals surface area contributed by atoms with E-state index in [1.165, 1.54) is 18.9 Å². The number of primary amides is 1. The Bertz CT molecular complexity index is 814. The Labute approximate surface area is 155 Å². The van der Waals surface area contributed by atoms with Crippen LogP contribution in [0.5, 0.6) is 11.5 Å². The van der Waals surface area contributed by atoms with E-state index in [0.29, 0.717) is 23.1 Å². The molecule has 136 valence electrons. The minimum absolute atomic E-state index is 0.211. The highest BCUT2D eigenvalue weighted by molar-refractivity contribution is 8.12. The molecule has 0 saturated heterocycles. The zero-order valence-electron chi connectivity index (χ0n) is 14.2. The number of hydrogen-bond acceptors (Lipinski definition) is 7. The van der Waals surface area contributed by atoms with E-state index in [1.807, 2.05) is 30.3 Å². The molecule has 1 unspecified atom stereocenters. The van der Waals surface area contributed by atoms with Crippen molar-refractivity contribution in [3.05, 3.63) is 53.6 Å². The number of nitrogens with zero attached hydrogens (tertiary/aromatic N) is 2. The third-order valence-corrected chi connectivity index (χ3v) is 4.52. The summed E-state index contributed by atoms with van der Waals surface area (Å²) >= 11 is 1.48. The van der Waals surface area contributed by atoms with Crippen LogP contribution in [-0.2, 0) is 0 Å². The van der Waals surface area contributed by atoms with Crippen LogP contribution in [-0.4, -0.2) is 36.2 Å². The molecule has 1 atom stereocenters. The first kappa shape index (κ1) is 18.1. The number of benzene rings is 2. The van der Waals surface area contributed by atoms with Gasteiger partial charge < -0.3 is 20.3 Å². The average molecular weight is 373 g/mol. The minimum atomic E-state index is -0.585. The largest absolute Gasteiger partial charge is 0.491 e. The van der Waals surface area contributed by atoms with Gasteiger partial charge in [-0.2, -0.15) is 5.10 Å². The van der Waals surface area contributed by atoms with Crippen molar-refractivity contribution >= 4 is 28.9 Å². The van der Waals surface area contributed by atoms with Crippen LogP contribution in [0, 0.1) is 0 Å². The number of hydrogen-bond donors (Lipinski definition) is 2. The van der Waals surface area contributed by atoms with Crippen LogP contribution < -0.4 is 20.2 Å². The maximum Gasteiger partial charge on any atom is 0.251 e. The second-order valence-electron chi connectivity index (χ2n) is 5.47. The number of methoxy groups -OCH3 is 1. The number of anilines is 1. The molecular formula is C18H19N3O4S. The molecule has 26 heavy (non-hydrogen) atoms. The molecule has 1 heterocycles. The highest BCUT2D eigenvalue weighted by atomic mass is 32.2. The van der Waals surface area contributed by atoms with Crippen LogP contribution in [0.15, 0.2) is 47.6 Å². The van der Waals surface area contributed by atoms with E-state index in [1.54, 1.807) is 22.7 Å². The summed E-state index contributed by atoms with van der Waals surface area (Å²) in [4.78, 5) is 11.9. The third kappa shape index (κ3) is 3.61. The van der Waals surface area contributed by atoms with E-state index >= 15 is 0 Å². The summed E-state index contributed by atoms with van der Waals surface area (Å²) in [7, 11) is 1.49. The normalized spacial score (nSPS) is 14.3. The van der Waals surface area contributed by atoms with Crippen molar-refractivity contribution in [3.8, 4) is 11.5 Å². The Kier molecular flexibility index (Phi) is 5.65. The topological polar surface area (TPSA) is 97.4 Å². The number of aliphatic hydroxyl groups excluding tert-OH is 1. The van der Waals surface area contributed by atoms with Gasteiger partial charge in [0, 0.05) is 0 Å². The number of carbonyl (C=O) groups excluding carboxylic acids is 1. The van der Waals surface area contributed by atoms with E-state index in [9.17, 15) is 9.90 Å². The predicted molar refractivity (Wildman–Crippen MR) is 102 cm³/mol. The maximum atomic E-state index is 11.9. The molecule has 0 radical (unpaired) electrons. The van der Waals surface area contributed by atoms with Gasteiger partial charge in [-0.3, -0.25) is 4.79 Å². The number of rotatable bonds is 7. The molecule has 7 nitrogen and oxygen atoms in total. The fraction of sp³-hybridized carbons (Fsp3) is 0.222. The van der Waals surface area contributed by atoms with Crippen molar-refractivity contribution in [2.24, 2.45) is 10.8 Å². The van der Waals surface area contributed by atoms with Gasteiger partial charge in [-0.25, -0.2) is 5.01 Å². The van der Waals surface area contributed by atoms with Crippen molar-refractivity contribution in [2.45, 2.75) is 6.10 Å². The molecule has 0 aliphatic carbocycles. The molecule has 0 aromatic heterocycles. The highest BCUT2D eigenvalue weighted by Gasteiger charge is 2.26. The first-order valence-electron chi connectivity index (χ1n) is 7.90. The lowest BCUT2D eigenvalue weighted by molar-refractivity contribution is 0.0999. The zero-order valence-corrected chi connectivity index (χ0v) is 15.0. The van der Waals surface area contributed by atoms with Crippen LogP contribution in [0.3, 0.4) is 0 Å². The summed E-state index contributed by atoms with van der Waals surface area (Å²) in [5.74, 6) is 0.680. The van der Waals surface area contributed by atoms with Gasteiger partial charge in [-0.1, -0.05) is 42.1 Å². The molecule has 0 saturated carbocycles. The van der Waals surface area contributed by atoms with Crippen molar-refractivity contribution in [1.82, 2.24) is 0 Å². The van der Waals surface area contributed by atoms with Gasteiger partial charge in [-0.05, 0) is 17.7 Å². The number of aliphatic hydroxyl groups is 1. The number of amides is 1. The Balaban J connectivity index is 2.03. The molecule has 8 heteroatoms. The van der Waals surface area contributed by atoms with Gasteiger partial charge in [0.15, 0.2) is 11.5 Å². The summed E-state index contributed by atoms with van der Waals surface area (Å²) in [5.41, 5.74) is 8.75. The quantitative estimate of drug-likeness (QED) is 0.773. The SMILES string of the molecule is COc1c(OC(CO)c2ccccc2)ccc(C(N)=O)c1N1CSC=N1. The zero-order chi connectivity index (χ0) is 18.5. The van der Waals surface area contributed by atoms with E-state index in [2.05, 4.69) is 5.10 Å². The molecule has 2 aromatic carbocycles. The Hall–Kier alpha value is -2.71. The molecule has 3 N–H and O–H groups in total. The molecule has 0 fully saturated rings. The van der Waals surface area contributed by atoms with Gasteiger partial charge >= 0.3 is 0 Å². The second kappa shape index (κ2) is 8.11. The van der Waals surface area contributed by atoms with Crippen LogP contribution >= 0.6 is 11.8 Å². The molecule has 1 amide bonds. The minimum Gasteiger partial charge on any atom is -0.491 e. The van der Waals surface area contributed by atoms with Crippen molar-refractivity contribution in [1.29, 1.82) is 0 Å². The van der Waals surface area contributed by atoms with E-state index in [0.717, 1.165) is 5.56 Å². The van der Waals surface area contributed by atoms with E-state index < -0.39 is 12.0 Å². The van der Waals surface area contributed by atoms with Gasteiger partial charge in [0.1, 0.15) is 11.8 Å². The number of nitrogens with two attached hydrogens (primary N) is 1. The first-order valence-corrected chi connectivity index (χ1v) is 8.95. The van der Waals surface area contributed by atoms with Gasteiger partial charge in [-0.15, -0.1) is 0 Å². The van der Waals surface area contributed by atoms with Crippen LogP contribution in [0.25, 0.3) is 0 Å². The Morgan fingerprint density at radius 3 is 2.69 bits per heavy atom. The number of carbonyl (C=O) groups is 1. The van der Waals surface area contributed by atoms with Crippen LogP contribution in [0.2, 0.25) is 0 Å². The first-order chi connectivity index (χ1) is 12.7. The Morgan fingerprint density at radius 2 is 2.12 bits per heavy atom. The smallest absolute Gasteiger partial charge is 0.251 e. The van der Waals surface area contributed by atoms with Crippen LogP contribution in [0.4, 0.5) is 5.69 Å². The summed E-state index contributed by atoms with van der Waals surface area (Å²) in [6, 6.07) is 12.6. The van der Waals surface area contributed by atoms with E-state index in [4.69, 9.17) is 15.2 Å². The summed E-state index contributed by atoms with van der Waals surface area (Å²) in [6.45, 7) is -0.211. The van der Waals surface area contributed by atoms with Crippen molar-refractivity contribution in [2.75, 3.05) is 24.6 Å². The van der Waals surface area contributed by atoms with Gasteiger partial charge in [0.2, 0.25) is 0 Å². The number of thioether (sulfide) groups is 1. The van der Waals surface area contributed by atoms with Crippen molar-refractivity contribution in [3.63, 3.8) is 0 Å². The number of ether oxygens (including phenoxy) is 2. The lowest BCUT2D eigenvalue weighted by Gasteiger charge is -2.24. The predicted octanol–water partition coefficient (Wildman–Crippen LogP) is 2.36. The molecule has 0 bridgehead atoms. The fourth-order valence-electron chi connectivity index (χ4n) is 2.68. The average Bonchev–Trinajstić information content (AvgIpc) is 3.20. The maximum absolute atomic E-state index is 11.9. The van der Waals surface area contributed by atoms with Crippen molar-refractivity contribution < 1.29 is 19.4 Å². The Morgan fingerprint density at radius 1 is 1.35 bits per heavy atom. The number of hydrazone groups is 1. The molecule has 1 aliphatic heterocycles.